The van der Waals surface area contributed by atoms with Crippen molar-refractivity contribution in [2.75, 3.05) is 12.0 Å². The van der Waals surface area contributed by atoms with Crippen molar-refractivity contribution >= 4 is 29.2 Å². The number of aromatic nitrogens is 4. The van der Waals surface area contributed by atoms with E-state index in [1.165, 1.54) is 18.0 Å². The van der Waals surface area contributed by atoms with E-state index in [1.807, 2.05) is 6.26 Å². The molecule has 2 N–H and O–H groups in total. The maximum absolute atomic E-state index is 5.75. The van der Waals surface area contributed by atoms with Crippen LogP contribution in [-0.4, -0.2) is 26.2 Å². The fourth-order valence-corrected chi connectivity index (χ4v) is 1.66. The SMILES string of the molecule is CSc1nc(N)cc(-c2cncc(Cl)n2)n1. The van der Waals surface area contributed by atoms with Crippen molar-refractivity contribution in [2.24, 2.45) is 0 Å². The number of hydrogen-bond donors (Lipinski definition) is 1. The Morgan fingerprint density at radius 3 is 2.69 bits per heavy atom. The second-order valence-corrected chi connectivity index (χ2v) is 4.05. The van der Waals surface area contributed by atoms with Crippen LogP contribution in [0.4, 0.5) is 5.82 Å². The van der Waals surface area contributed by atoms with Gasteiger partial charge in [-0.15, -0.1) is 0 Å². The molecule has 0 aliphatic rings. The van der Waals surface area contributed by atoms with Gasteiger partial charge in [0.1, 0.15) is 16.7 Å². The van der Waals surface area contributed by atoms with Gasteiger partial charge in [0, 0.05) is 6.07 Å². The predicted molar refractivity (Wildman–Crippen MR) is 64.3 cm³/mol. The summed E-state index contributed by atoms with van der Waals surface area (Å²) in [6.45, 7) is 0. The van der Waals surface area contributed by atoms with Crippen molar-refractivity contribution in [3.05, 3.63) is 23.6 Å². The van der Waals surface area contributed by atoms with Crippen LogP contribution >= 0.6 is 23.4 Å². The zero-order valence-electron chi connectivity index (χ0n) is 8.38. The Balaban J connectivity index is 2.51. The fourth-order valence-electron chi connectivity index (χ4n) is 1.13. The molecule has 0 atom stereocenters. The highest BCUT2D eigenvalue weighted by Crippen LogP contribution is 2.20. The van der Waals surface area contributed by atoms with Gasteiger partial charge in [-0.25, -0.2) is 15.0 Å². The number of hydrogen-bond acceptors (Lipinski definition) is 6. The second kappa shape index (κ2) is 4.63. The molecule has 16 heavy (non-hydrogen) atoms. The quantitative estimate of drug-likeness (QED) is 0.651. The van der Waals surface area contributed by atoms with Gasteiger partial charge >= 0.3 is 0 Å². The van der Waals surface area contributed by atoms with E-state index in [0.717, 1.165) is 0 Å². The van der Waals surface area contributed by atoms with Crippen molar-refractivity contribution in [1.82, 2.24) is 19.9 Å². The van der Waals surface area contributed by atoms with Crippen LogP contribution in [0.15, 0.2) is 23.6 Å². The summed E-state index contributed by atoms with van der Waals surface area (Å²) in [5.74, 6) is 0.399. The van der Waals surface area contributed by atoms with Gasteiger partial charge in [0.2, 0.25) is 0 Å². The summed E-state index contributed by atoms with van der Waals surface area (Å²) in [6.07, 6.45) is 4.92. The first-order valence-electron chi connectivity index (χ1n) is 4.35. The van der Waals surface area contributed by atoms with Gasteiger partial charge in [0.25, 0.3) is 0 Å². The van der Waals surface area contributed by atoms with E-state index in [2.05, 4.69) is 19.9 Å². The third-order valence-corrected chi connectivity index (χ3v) is 2.51. The van der Waals surface area contributed by atoms with Crippen LogP contribution in [0.25, 0.3) is 11.4 Å². The maximum atomic E-state index is 5.75. The molecule has 0 radical (unpaired) electrons. The standard InChI is InChI=1S/C9H8ClN5S/c1-16-9-14-5(2-8(11)15-9)6-3-12-4-7(10)13-6/h2-4H,1H3,(H2,11,14,15). The van der Waals surface area contributed by atoms with Crippen LogP contribution in [0, 0.1) is 0 Å². The highest BCUT2D eigenvalue weighted by Gasteiger charge is 2.06. The fraction of sp³-hybridized carbons (Fsp3) is 0.111. The number of halogens is 1. The minimum Gasteiger partial charge on any atom is -0.384 e. The molecule has 0 unspecified atom stereocenters. The van der Waals surface area contributed by atoms with Gasteiger partial charge in [-0.1, -0.05) is 23.4 Å². The van der Waals surface area contributed by atoms with E-state index < -0.39 is 0 Å². The highest BCUT2D eigenvalue weighted by atomic mass is 35.5. The lowest BCUT2D eigenvalue weighted by atomic mass is 10.3. The van der Waals surface area contributed by atoms with E-state index >= 15 is 0 Å². The monoisotopic (exact) mass is 253 g/mol. The zero-order chi connectivity index (χ0) is 11.5. The molecule has 0 amide bonds. The van der Waals surface area contributed by atoms with Gasteiger partial charge in [0.05, 0.1) is 18.1 Å². The Morgan fingerprint density at radius 1 is 1.19 bits per heavy atom. The average Bonchev–Trinajstić information content (AvgIpc) is 2.28. The number of rotatable bonds is 2. The summed E-state index contributed by atoms with van der Waals surface area (Å²) in [5, 5.41) is 0.914. The van der Waals surface area contributed by atoms with E-state index in [1.54, 1.807) is 12.3 Å². The molecule has 0 saturated carbocycles. The lowest BCUT2D eigenvalue weighted by molar-refractivity contribution is 0.977. The first-order valence-corrected chi connectivity index (χ1v) is 5.96. The van der Waals surface area contributed by atoms with Gasteiger partial charge in [-0.05, 0) is 6.26 Å². The average molecular weight is 254 g/mol. The molecule has 5 nitrogen and oxygen atoms in total. The Morgan fingerprint density at radius 2 is 2.00 bits per heavy atom. The lowest BCUT2D eigenvalue weighted by Crippen LogP contribution is -1.98. The smallest absolute Gasteiger partial charge is 0.189 e. The normalized spacial score (nSPS) is 10.4. The molecule has 0 fully saturated rings. The zero-order valence-corrected chi connectivity index (χ0v) is 9.96. The molecular formula is C9H8ClN5S. The van der Waals surface area contributed by atoms with Crippen molar-refractivity contribution in [1.29, 1.82) is 0 Å². The number of nitrogen functional groups attached to an aromatic ring is 1. The van der Waals surface area contributed by atoms with Gasteiger partial charge in [-0.2, -0.15) is 0 Å². The van der Waals surface area contributed by atoms with Crippen molar-refractivity contribution in [3.8, 4) is 11.4 Å². The van der Waals surface area contributed by atoms with Gasteiger partial charge in [-0.3, -0.25) is 4.98 Å². The summed E-state index contributed by atoms with van der Waals surface area (Å²) in [4.78, 5) is 16.4. The molecule has 2 aromatic rings. The molecule has 0 aliphatic heterocycles. The van der Waals surface area contributed by atoms with E-state index in [9.17, 15) is 0 Å². The Kier molecular flexibility index (Phi) is 3.21. The number of nitrogens with zero attached hydrogens (tertiary/aromatic N) is 4. The molecule has 0 saturated heterocycles. The predicted octanol–water partition coefficient (Wildman–Crippen LogP) is 1.89. The van der Waals surface area contributed by atoms with Crippen molar-refractivity contribution < 1.29 is 0 Å². The summed E-state index contributed by atoms with van der Waals surface area (Å²) in [6, 6.07) is 1.64. The molecule has 2 aromatic heterocycles. The lowest BCUT2D eigenvalue weighted by Gasteiger charge is -2.03. The van der Waals surface area contributed by atoms with Gasteiger partial charge < -0.3 is 5.73 Å². The summed E-state index contributed by atoms with van der Waals surface area (Å²) in [5.41, 5.74) is 6.86. The number of nitrogens with two attached hydrogens (primary N) is 1. The highest BCUT2D eigenvalue weighted by molar-refractivity contribution is 7.98. The molecule has 0 spiro atoms. The molecule has 82 valence electrons. The Bertz CT molecular complexity index is 519. The van der Waals surface area contributed by atoms with E-state index in [4.69, 9.17) is 17.3 Å². The van der Waals surface area contributed by atoms with Crippen molar-refractivity contribution in [3.63, 3.8) is 0 Å². The van der Waals surface area contributed by atoms with Crippen LogP contribution in [0.5, 0.6) is 0 Å². The molecule has 0 bridgehead atoms. The first-order chi connectivity index (χ1) is 7.69. The summed E-state index contributed by atoms with van der Waals surface area (Å²) < 4.78 is 0. The third-order valence-electron chi connectivity index (χ3n) is 1.78. The molecule has 7 heteroatoms. The largest absolute Gasteiger partial charge is 0.384 e. The number of anilines is 1. The topological polar surface area (TPSA) is 77.6 Å². The molecule has 2 rings (SSSR count). The van der Waals surface area contributed by atoms with Crippen LogP contribution in [0.3, 0.4) is 0 Å². The van der Waals surface area contributed by atoms with Crippen LogP contribution in [0.2, 0.25) is 5.15 Å². The second-order valence-electron chi connectivity index (χ2n) is 2.89. The molecule has 0 aliphatic carbocycles. The molecule has 0 aromatic carbocycles. The van der Waals surface area contributed by atoms with Crippen LogP contribution < -0.4 is 5.73 Å². The molecule has 2 heterocycles. The summed E-state index contributed by atoms with van der Waals surface area (Å²) >= 11 is 7.17. The summed E-state index contributed by atoms with van der Waals surface area (Å²) in [7, 11) is 0. The van der Waals surface area contributed by atoms with E-state index in [0.29, 0.717) is 27.5 Å². The minimum atomic E-state index is 0.320. The van der Waals surface area contributed by atoms with Crippen LogP contribution in [-0.2, 0) is 0 Å². The third kappa shape index (κ3) is 2.40. The first kappa shape index (κ1) is 11.1. The molecular weight excluding hydrogens is 246 g/mol. The van der Waals surface area contributed by atoms with Crippen LogP contribution in [0.1, 0.15) is 0 Å². The Labute approximate surface area is 101 Å². The van der Waals surface area contributed by atoms with Gasteiger partial charge in [0.15, 0.2) is 5.16 Å². The Hall–Kier alpha value is -1.40. The number of thioether (sulfide) groups is 1. The minimum absolute atomic E-state index is 0.320. The van der Waals surface area contributed by atoms with E-state index in [-0.39, 0.29) is 0 Å². The maximum Gasteiger partial charge on any atom is 0.189 e. The van der Waals surface area contributed by atoms with Crippen molar-refractivity contribution in [2.45, 2.75) is 5.16 Å².